The van der Waals surface area contributed by atoms with Crippen molar-refractivity contribution in [3.8, 4) is 0 Å². The highest BCUT2D eigenvalue weighted by Gasteiger charge is 2.26. The van der Waals surface area contributed by atoms with Crippen LogP contribution in [0.15, 0.2) is 23.5 Å². The lowest BCUT2D eigenvalue weighted by atomic mass is 10.2. The van der Waals surface area contributed by atoms with Gasteiger partial charge in [-0.1, -0.05) is 0 Å². The zero-order valence-electron chi connectivity index (χ0n) is 5.93. The molecule has 1 heterocycles. The first-order chi connectivity index (χ1) is 4.86. The molecule has 0 spiro atoms. The van der Waals surface area contributed by atoms with Gasteiger partial charge in [-0.2, -0.15) is 0 Å². The minimum absolute atomic E-state index is 0.798. The fraction of sp³-hybridized carbons (Fsp3) is 0.500. The van der Waals surface area contributed by atoms with E-state index in [4.69, 9.17) is 5.73 Å². The highest BCUT2D eigenvalue weighted by atomic mass is 14.9. The molecule has 2 rings (SSSR count). The van der Waals surface area contributed by atoms with Crippen molar-refractivity contribution in [1.29, 1.82) is 0 Å². The van der Waals surface area contributed by atoms with E-state index in [1.54, 1.807) is 0 Å². The largest absolute Gasteiger partial charge is 0.399 e. The first-order valence-electron chi connectivity index (χ1n) is 3.77. The third kappa shape index (κ3) is 1.01. The summed E-state index contributed by atoms with van der Waals surface area (Å²) >= 11 is 0. The normalized spacial score (nSPS) is 24.8. The molecule has 0 unspecified atom stereocenters. The van der Waals surface area contributed by atoms with E-state index in [0.29, 0.717) is 0 Å². The van der Waals surface area contributed by atoms with E-state index < -0.39 is 0 Å². The summed E-state index contributed by atoms with van der Waals surface area (Å²) in [7, 11) is 0. The first kappa shape index (κ1) is 5.83. The molecule has 54 valence electrons. The topological polar surface area (TPSA) is 38.0 Å². The Morgan fingerprint density at radius 2 is 2.30 bits per heavy atom. The zero-order valence-corrected chi connectivity index (χ0v) is 5.93. The van der Waals surface area contributed by atoms with Crippen molar-refractivity contribution < 1.29 is 0 Å². The maximum atomic E-state index is 5.64. The van der Waals surface area contributed by atoms with Gasteiger partial charge in [0.25, 0.3) is 0 Å². The molecule has 1 aliphatic heterocycles. The molecule has 0 atom stereocenters. The van der Waals surface area contributed by atoms with Gasteiger partial charge in [-0.05, 0) is 30.9 Å². The SMILES string of the molecule is NC1=CCNC(C2CC2)=C1. The van der Waals surface area contributed by atoms with Gasteiger partial charge in [0.05, 0.1) is 0 Å². The molecule has 2 aliphatic rings. The minimum Gasteiger partial charge on any atom is -0.399 e. The standard InChI is InChI=1S/C8H12N2/c9-7-3-4-10-8(5-7)6-1-2-6/h3,5-6,10H,1-2,4,9H2. The molecule has 0 bridgehead atoms. The number of allylic oxidation sites excluding steroid dienone is 2. The van der Waals surface area contributed by atoms with Crippen LogP contribution < -0.4 is 11.1 Å². The number of nitrogens with one attached hydrogen (secondary N) is 1. The van der Waals surface area contributed by atoms with Crippen LogP contribution in [-0.4, -0.2) is 6.54 Å². The van der Waals surface area contributed by atoms with E-state index in [1.807, 2.05) is 6.08 Å². The van der Waals surface area contributed by atoms with Crippen LogP contribution in [0, 0.1) is 5.92 Å². The molecule has 0 aromatic carbocycles. The van der Waals surface area contributed by atoms with E-state index in [2.05, 4.69) is 11.4 Å². The predicted molar refractivity (Wildman–Crippen MR) is 41.1 cm³/mol. The van der Waals surface area contributed by atoms with Crippen LogP contribution in [0.1, 0.15) is 12.8 Å². The molecule has 0 saturated heterocycles. The lowest BCUT2D eigenvalue weighted by Crippen LogP contribution is -2.20. The fourth-order valence-electron chi connectivity index (χ4n) is 1.23. The number of dihydropyridines is 1. The fourth-order valence-corrected chi connectivity index (χ4v) is 1.23. The summed E-state index contributed by atoms with van der Waals surface area (Å²) in [6.45, 7) is 0.911. The van der Waals surface area contributed by atoms with Crippen LogP contribution in [0.3, 0.4) is 0 Å². The maximum Gasteiger partial charge on any atom is 0.0350 e. The Morgan fingerprint density at radius 1 is 1.50 bits per heavy atom. The van der Waals surface area contributed by atoms with Gasteiger partial charge >= 0.3 is 0 Å². The molecule has 0 aromatic heterocycles. The van der Waals surface area contributed by atoms with E-state index in [-0.39, 0.29) is 0 Å². The van der Waals surface area contributed by atoms with Crippen molar-refractivity contribution >= 4 is 0 Å². The predicted octanol–water partition coefficient (Wildman–Crippen LogP) is 0.726. The van der Waals surface area contributed by atoms with Gasteiger partial charge in [0.2, 0.25) is 0 Å². The quantitative estimate of drug-likeness (QED) is 0.557. The van der Waals surface area contributed by atoms with Gasteiger partial charge in [-0.3, -0.25) is 0 Å². The molecule has 0 radical (unpaired) electrons. The summed E-state index contributed by atoms with van der Waals surface area (Å²) < 4.78 is 0. The third-order valence-corrected chi connectivity index (χ3v) is 1.98. The van der Waals surface area contributed by atoms with Crippen molar-refractivity contribution in [2.45, 2.75) is 12.8 Å². The van der Waals surface area contributed by atoms with Crippen molar-refractivity contribution in [2.24, 2.45) is 11.7 Å². The summed E-state index contributed by atoms with van der Waals surface area (Å²) in [5, 5.41) is 3.32. The molecule has 1 aliphatic carbocycles. The summed E-state index contributed by atoms with van der Waals surface area (Å²) in [5.41, 5.74) is 7.90. The van der Waals surface area contributed by atoms with Crippen molar-refractivity contribution in [1.82, 2.24) is 5.32 Å². The smallest absolute Gasteiger partial charge is 0.0350 e. The second-order valence-electron chi connectivity index (χ2n) is 2.96. The molecule has 10 heavy (non-hydrogen) atoms. The molecular weight excluding hydrogens is 124 g/mol. The molecule has 2 heteroatoms. The molecule has 1 fully saturated rings. The van der Waals surface area contributed by atoms with Gasteiger partial charge in [-0.15, -0.1) is 0 Å². The highest BCUT2D eigenvalue weighted by molar-refractivity contribution is 5.27. The first-order valence-corrected chi connectivity index (χ1v) is 3.77. The average molecular weight is 136 g/mol. The van der Waals surface area contributed by atoms with Crippen LogP contribution in [-0.2, 0) is 0 Å². The van der Waals surface area contributed by atoms with Crippen molar-refractivity contribution in [2.75, 3.05) is 6.54 Å². The van der Waals surface area contributed by atoms with Crippen LogP contribution in [0.2, 0.25) is 0 Å². The van der Waals surface area contributed by atoms with Crippen molar-refractivity contribution in [3.05, 3.63) is 23.5 Å². The van der Waals surface area contributed by atoms with E-state index in [0.717, 1.165) is 18.2 Å². The molecule has 0 amide bonds. The number of rotatable bonds is 1. The second kappa shape index (κ2) is 2.04. The Bertz CT molecular complexity index is 199. The number of hydrogen-bond acceptors (Lipinski definition) is 2. The van der Waals surface area contributed by atoms with Gasteiger partial charge in [0.1, 0.15) is 0 Å². The van der Waals surface area contributed by atoms with Gasteiger partial charge in [-0.25, -0.2) is 0 Å². The van der Waals surface area contributed by atoms with Gasteiger partial charge in [0.15, 0.2) is 0 Å². The zero-order chi connectivity index (χ0) is 6.97. The van der Waals surface area contributed by atoms with Gasteiger partial charge in [0, 0.05) is 17.9 Å². The Hall–Kier alpha value is -0.920. The molecule has 0 aromatic rings. The second-order valence-corrected chi connectivity index (χ2v) is 2.96. The number of hydrogen-bond donors (Lipinski definition) is 2. The summed E-state index contributed by atoms with van der Waals surface area (Å²) in [6.07, 6.45) is 6.74. The Balaban J connectivity index is 2.12. The van der Waals surface area contributed by atoms with Crippen LogP contribution >= 0.6 is 0 Å². The Morgan fingerprint density at radius 3 is 2.90 bits per heavy atom. The van der Waals surface area contributed by atoms with Crippen LogP contribution in [0.4, 0.5) is 0 Å². The van der Waals surface area contributed by atoms with Crippen LogP contribution in [0.5, 0.6) is 0 Å². The summed E-state index contributed by atoms with van der Waals surface area (Å²) in [5.74, 6) is 0.798. The maximum absolute atomic E-state index is 5.64. The van der Waals surface area contributed by atoms with Gasteiger partial charge < -0.3 is 11.1 Å². The summed E-state index contributed by atoms with van der Waals surface area (Å²) in [6, 6.07) is 0. The number of nitrogens with two attached hydrogens (primary N) is 1. The van der Waals surface area contributed by atoms with E-state index >= 15 is 0 Å². The highest BCUT2D eigenvalue weighted by Crippen LogP contribution is 2.35. The molecule has 2 nitrogen and oxygen atoms in total. The Labute approximate surface area is 60.8 Å². The average Bonchev–Trinajstić information content (AvgIpc) is 2.68. The van der Waals surface area contributed by atoms with E-state index in [1.165, 1.54) is 18.5 Å². The third-order valence-electron chi connectivity index (χ3n) is 1.98. The molecule has 1 saturated carbocycles. The summed E-state index contributed by atoms with van der Waals surface area (Å²) in [4.78, 5) is 0. The molecular formula is C8H12N2. The lowest BCUT2D eigenvalue weighted by Gasteiger charge is -2.12. The minimum atomic E-state index is 0.798. The molecule has 3 N–H and O–H groups in total. The Kier molecular flexibility index (Phi) is 1.19. The monoisotopic (exact) mass is 136 g/mol. The van der Waals surface area contributed by atoms with Crippen LogP contribution in [0.25, 0.3) is 0 Å². The van der Waals surface area contributed by atoms with Crippen molar-refractivity contribution in [3.63, 3.8) is 0 Å². The lowest BCUT2D eigenvalue weighted by molar-refractivity contribution is 0.783. The van der Waals surface area contributed by atoms with E-state index in [9.17, 15) is 0 Å².